The van der Waals surface area contributed by atoms with E-state index in [9.17, 15) is 9.59 Å². The summed E-state index contributed by atoms with van der Waals surface area (Å²) in [7, 11) is 0. The molecule has 0 aromatic heterocycles. The van der Waals surface area contributed by atoms with Crippen LogP contribution in [0, 0.1) is 6.92 Å². The third-order valence-corrected chi connectivity index (χ3v) is 1.37. The highest BCUT2D eigenvalue weighted by Gasteiger charge is 2.30. The fourth-order valence-corrected chi connectivity index (χ4v) is 1.05. The number of hydrogen-bond acceptors (Lipinski definition) is 4. The van der Waals surface area contributed by atoms with Crippen molar-refractivity contribution < 1.29 is 19.1 Å². The van der Waals surface area contributed by atoms with E-state index in [2.05, 4.69) is 6.92 Å². The summed E-state index contributed by atoms with van der Waals surface area (Å²) in [5.41, 5.74) is 0. The minimum atomic E-state index is -0.989. The van der Waals surface area contributed by atoms with Crippen LogP contribution in [0.2, 0.25) is 0 Å². The van der Waals surface area contributed by atoms with Gasteiger partial charge in [-0.25, -0.2) is 4.79 Å². The Bertz CT molecular complexity index is 275. The van der Waals surface area contributed by atoms with Crippen molar-refractivity contribution >= 4 is 11.8 Å². The molecule has 0 aromatic rings. The van der Waals surface area contributed by atoms with Crippen molar-refractivity contribution in [3.05, 3.63) is 18.8 Å². The van der Waals surface area contributed by atoms with Gasteiger partial charge in [0.15, 0.2) is 0 Å². The molecule has 0 bridgehead atoms. The molecular weight excluding hydrogens is 172 g/mol. The number of esters is 1. The number of carbonyl (C=O) groups is 2. The molecule has 0 spiro atoms. The van der Waals surface area contributed by atoms with E-state index in [4.69, 9.17) is 9.47 Å². The third-order valence-electron chi connectivity index (χ3n) is 1.37. The normalized spacial score (nSPS) is 19.9. The molecule has 0 fully saturated rings. The van der Waals surface area contributed by atoms with Gasteiger partial charge in [0, 0.05) is 20.8 Å². The number of carbonyl (C=O) groups excluding carboxylic acids is 2. The minimum absolute atomic E-state index is 0.0263. The number of cyclic esters (lactones) is 1. The highest BCUT2D eigenvalue weighted by Crippen LogP contribution is 2.23. The first-order valence-corrected chi connectivity index (χ1v) is 3.86. The fourth-order valence-electron chi connectivity index (χ4n) is 1.05. The van der Waals surface area contributed by atoms with Crippen LogP contribution in [0.15, 0.2) is 11.8 Å². The number of ketones is 1. The second-order valence-electron chi connectivity index (χ2n) is 3.25. The molecule has 1 heterocycles. The van der Waals surface area contributed by atoms with Crippen molar-refractivity contribution in [2.75, 3.05) is 0 Å². The van der Waals surface area contributed by atoms with Gasteiger partial charge in [0.2, 0.25) is 5.79 Å². The Labute approximate surface area is 76.5 Å². The van der Waals surface area contributed by atoms with E-state index in [0.717, 1.165) is 6.08 Å². The van der Waals surface area contributed by atoms with Gasteiger partial charge >= 0.3 is 5.97 Å². The van der Waals surface area contributed by atoms with E-state index in [1.165, 1.54) is 0 Å². The zero-order valence-corrected chi connectivity index (χ0v) is 7.62. The molecule has 1 radical (unpaired) electrons. The van der Waals surface area contributed by atoms with Crippen LogP contribution >= 0.6 is 0 Å². The Balaban J connectivity index is 2.75. The molecule has 4 heteroatoms. The van der Waals surface area contributed by atoms with Gasteiger partial charge in [0.25, 0.3) is 0 Å². The third kappa shape index (κ3) is 2.89. The summed E-state index contributed by atoms with van der Waals surface area (Å²) in [6.45, 7) is 6.40. The molecule has 0 saturated heterocycles. The van der Waals surface area contributed by atoms with E-state index in [0.29, 0.717) is 5.76 Å². The number of ether oxygens (including phenoxy) is 2. The summed E-state index contributed by atoms with van der Waals surface area (Å²) in [5, 5.41) is 0. The van der Waals surface area contributed by atoms with Crippen LogP contribution in [0.1, 0.15) is 20.3 Å². The number of allylic oxidation sites excluding steroid dienone is 1. The zero-order valence-electron chi connectivity index (χ0n) is 7.62. The molecule has 4 nitrogen and oxygen atoms in total. The topological polar surface area (TPSA) is 52.6 Å². The molecule has 1 aliphatic rings. The average molecular weight is 183 g/mol. The molecule has 0 atom stereocenters. The molecule has 1 aliphatic heterocycles. The second-order valence-corrected chi connectivity index (χ2v) is 3.25. The van der Waals surface area contributed by atoms with Crippen LogP contribution in [-0.4, -0.2) is 17.5 Å². The number of hydrogen-bond donors (Lipinski definition) is 0. The van der Waals surface area contributed by atoms with Gasteiger partial charge in [-0.3, -0.25) is 4.79 Å². The summed E-state index contributed by atoms with van der Waals surface area (Å²) < 4.78 is 10.0. The van der Waals surface area contributed by atoms with E-state index in [1.54, 1.807) is 13.8 Å². The molecule has 0 N–H and O–H groups in total. The first-order valence-electron chi connectivity index (χ1n) is 3.86. The summed E-state index contributed by atoms with van der Waals surface area (Å²) >= 11 is 0. The molecule has 1 rings (SSSR count). The van der Waals surface area contributed by atoms with Crippen molar-refractivity contribution in [2.45, 2.75) is 26.1 Å². The Morgan fingerprint density at radius 3 is 2.62 bits per heavy atom. The second kappa shape index (κ2) is 3.20. The molecule has 0 aromatic carbocycles. The van der Waals surface area contributed by atoms with Crippen molar-refractivity contribution in [1.82, 2.24) is 0 Å². The first kappa shape index (κ1) is 9.77. The smallest absolute Gasteiger partial charge is 0.337 e. The average Bonchev–Trinajstić information content (AvgIpc) is 1.78. The summed E-state index contributed by atoms with van der Waals surface area (Å²) in [4.78, 5) is 21.6. The van der Waals surface area contributed by atoms with E-state index in [1.807, 2.05) is 0 Å². The predicted molar refractivity (Wildman–Crippen MR) is 44.3 cm³/mol. The van der Waals surface area contributed by atoms with Crippen LogP contribution < -0.4 is 0 Å². The molecule has 0 aliphatic carbocycles. The minimum Gasteiger partial charge on any atom is -0.456 e. The largest absolute Gasteiger partial charge is 0.456 e. The highest BCUT2D eigenvalue weighted by atomic mass is 16.7. The zero-order chi connectivity index (χ0) is 10.1. The van der Waals surface area contributed by atoms with E-state index in [-0.39, 0.29) is 12.2 Å². The predicted octanol–water partition coefficient (Wildman–Crippen LogP) is 0.973. The van der Waals surface area contributed by atoms with Crippen LogP contribution in [-0.2, 0) is 19.1 Å². The lowest BCUT2D eigenvalue weighted by Crippen LogP contribution is -2.34. The van der Waals surface area contributed by atoms with Gasteiger partial charge in [0.1, 0.15) is 11.5 Å². The lowest BCUT2D eigenvalue weighted by atomic mass is 10.2. The Kier molecular flexibility index (Phi) is 2.40. The number of Topliss-reactive ketones (excluding diaryl/α,β-unsaturated/α-hetero) is 1. The van der Waals surface area contributed by atoms with Crippen LogP contribution in [0.3, 0.4) is 0 Å². The van der Waals surface area contributed by atoms with Crippen molar-refractivity contribution in [3.8, 4) is 0 Å². The maximum Gasteiger partial charge on any atom is 0.337 e. The SMILES string of the molecule is [CH2]C(=O)CC1=CC(=O)OC(C)(C)O1. The first-order chi connectivity index (χ1) is 5.89. The molecule has 0 unspecified atom stereocenters. The van der Waals surface area contributed by atoms with E-state index >= 15 is 0 Å². The lowest BCUT2D eigenvalue weighted by molar-refractivity contribution is -0.205. The molecule has 13 heavy (non-hydrogen) atoms. The van der Waals surface area contributed by atoms with Crippen LogP contribution in [0.5, 0.6) is 0 Å². The van der Waals surface area contributed by atoms with Gasteiger partial charge in [-0.1, -0.05) is 0 Å². The summed E-state index contributed by atoms with van der Waals surface area (Å²) in [5.74, 6) is -1.47. The van der Waals surface area contributed by atoms with Crippen LogP contribution in [0.25, 0.3) is 0 Å². The van der Waals surface area contributed by atoms with Gasteiger partial charge < -0.3 is 9.47 Å². The van der Waals surface area contributed by atoms with Crippen molar-refractivity contribution in [1.29, 1.82) is 0 Å². The Hall–Kier alpha value is -1.32. The molecular formula is C9H11O4. The summed E-state index contributed by atoms with van der Waals surface area (Å²) in [6.07, 6.45) is 1.19. The fraction of sp³-hybridized carbons (Fsp3) is 0.444. The van der Waals surface area contributed by atoms with Gasteiger partial charge in [0.05, 0.1) is 12.5 Å². The quantitative estimate of drug-likeness (QED) is 0.598. The lowest BCUT2D eigenvalue weighted by Gasteiger charge is -2.30. The van der Waals surface area contributed by atoms with Crippen molar-refractivity contribution in [2.24, 2.45) is 0 Å². The van der Waals surface area contributed by atoms with Gasteiger partial charge in [-0.15, -0.1) is 0 Å². The monoisotopic (exact) mass is 183 g/mol. The highest BCUT2D eigenvalue weighted by molar-refractivity contribution is 5.88. The Morgan fingerprint density at radius 1 is 1.54 bits per heavy atom. The van der Waals surface area contributed by atoms with Crippen molar-refractivity contribution in [3.63, 3.8) is 0 Å². The molecule has 0 amide bonds. The van der Waals surface area contributed by atoms with Gasteiger partial charge in [-0.2, -0.15) is 0 Å². The molecule has 71 valence electrons. The Morgan fingerprint density at radius 2 is 2.15 bits per heavy atom. The number of rotatable bonds is 2. The van der Waals surface area contributed by atoms with E-state index < -0.39 is 11.8 Å². The molecule has 0 saturated carbocycles. The van der Waals surface area contributed by atoms with Crippen LogP contribution in [0.4, 0.5) is 0 Å². The standard InChI is InChI=1S/C9H11O4/c1-6(10)4-7-5-8(11)13-9(2,3)12-7/h5H,1,4H2,2-3H3. The maximum atomic E-state index is 11.0. The van der Waals surface area contributed by atoms with Gasteiger partial charge in [-0.05, 0) is 0 Å². The summed E-state index contributed by atoms with van der Waals surface area (Å²) in [6, 6.07) is 0. The maximum absolute atomic E-state index is 11.0.